The lowest BCUT2D eigenvalue weighted by molar-refractivity contribution is -0.143. The molecular weight excluding hydrogens is 484 g/mol. The molecule has 3 bridgehead atoms. The quantitative estimate of drug-likeness (QED) is 0.425. The van der Waals surface area contributed by atoms with Crippen molar-refractivity contribution in [3.05, 3.63) is 24.3 Å². The molecule has 7 aliphatic rings. The van der Waals surface area contributed by atoms with Crippen LogP contribution < -0.4 is 10.6 Å². The molecule has 3 unspecified atom stereocenters. The Hall–Kier alpha value is -2.03. The van der Waals surface area contributed by atoms with Gasteiger partial charge in [0.05, 0.1) is 18.3 Å². The first-order valence-corrected chi connectivity index (χ1v) is 14.7. The van der Waals surface area contributed by atoms with Crippen molar-refractivity contribution in [2.75, 3.05) is 13.7 Å². The van der Waals surface area contributed by atoms with E-state index in [4.69, 9.17) is 14.2 Å². The Morgan fingerprint density at radius 3 is 2.68 bits per heavy atom. The highest BCUT2D eigenvalue weighted by molar-refractivity contribution is 6.15. The molecule has 4 aliphatic heterocycles. The van der Waals surface area contributed by atoms with E-state index in [1.165, 1.54) is 6.42 Å². The van der Waals surface area contributed by atoms with Gasteiger partial charge in [-0.3, -0.25) is 14.4 Å². The molecule has 0 radical (unpaired) electrons. The molecule has 0 aromatic rings. The van der Waals surface area contributed by atoms with Gasteiger partial charge in [-0.1, -0.05) is 19.1 Å². The number of hydrogen-bond donors (Lipinski definition) is 2. The predicted octanol–water partition coefficient (Wildman–Crippen LogP) is 2.38. The van der Waals surface area contributed by atoms with Gasteiger partial charge in [0.1, 0.15) is 6.23 Å². The highest BCUT2D eigenvalue weighted by Crippen LogP contribution is 2.66. The molecule has 2 amide bonds. The fraction of sp³-hybridized carbons (Fsp3) is 0.767. The van der Waals surface area contributed by atoms with E-state index in [9.17, 15) is 14.4 Å². The molecule has 3 saturated carbocycles. The number of methoxy groups -OCH3 is 1. The minimum atomic E-state index is -1.42. The van der Waals surface area contributed by atoms with Crippen molar-refractivity contribution in [1.29, 1.82) is 0 Å². The standard InChI is InChI=1S/C30H40N2O6/c1-14-11-19-20-12-16-7-8-21(33)30-13-17(28(38-30)32-29(30)35)9-10-31-22(34)6-4-5-18(16)24(20)26-27(37-26)25(19)23(14)15(2)36-3/h4,6-8,14-20,23-28H,5,9-13H2,1-3H3,(H,31,34)(H,32,35)/b6-4-,8-7-/t14-,15?,16-,17?,18+,19-,20-,23+,24-,25-,26+,27-,28-,30?/m1/s1. The van der Waals surface area contributed by atoms with Gasteiger partial charge < -0.3 is 24.8 Å². The van der Waals surface area contributed by atoms with E-state index in [-0.39, 0.29) is 41.6 Å². The minimum absolute atomic E-state index is 0.00855. The molecule has 0 aromatic carbocycles. The number of carbonyl (C=O) groups excluding carboxylic acids is 3. The van der Waals surface area contributed by atoms with Gasteiger partial charge in [0.2, 0.25) is 11.5 Å². The Bertz CT molecular complexity index is 1090. The molecule has 8 nitrogen and oxygen atoms in total. The summed E-state index contributed by atoms with van der Waals surface area (Å²) >= 11 is 0. The Morgan fingerprint density at radius 1 is 1.08 bits per heavy atom. The highest BCUT2D eigenvalue weighted by atomic mass is 16.6. The van der Waals surface area contributed by atoms with Gasteiger partial charge in [-0.15, -0.1) is 0 Å². The highest BCUT2D eigenvalue weighted by Gasteiger charge is 2.69. The zero-order valence-corrected chi connectivity index (χ0v) is 22.5. The third-order valence-corrected chi connectivity index (χ3v) is 11.4. The summed E-state index contributed by atoms with van der Waals surface area (Å²) in [5.74, 6) is 3.00. The van der Waals surface area contributed by atoms with Crippen LogP contribution in [0.15, 0.2) is 24.3 Å². The van der Waals surface area contributed by atoms with Gasteiger partial charge in [-0.2, -0.15) is 0 Å². The van der Waals surface area contributed by atoms with Gasteiger partial charge in [-0.05, 0) is 92.1 Å². The second-order valence-electron chi connectivity index (χ2n) is 13.1. The zero-order chi connectivity index (χ0) is 26.3. The van der Waals surface area contributed by atoms with Crippen molar-refractivity contribution in [2.24, 2.45) is 53.3 Å². The summed E-state index contributed by atoms with van der Waals surface area (Å²) in [6, 6.07) is 0. The molecule has 3 aliphatic carbocycles. The lowest BCUT2D eigenvalue weighted by Crippen LogP contribution is -2.50. The molecule has 6 fully saturated rings. The van der Waals surface area contributed by atoms with Crippen LogP contribution in [-0.4, -0.2) is 61.4 Å². The Labute approximate surface area is 224 Å². The molecule has 4 heterocycles. The van der Waals surface area contributed by atoms with E-state index >= 15 is 0 Å². The van der Waals surface area contributed by atoms with Crippen molar-refractivity contribution < 1.29 is 28.6 Å². The molecule has 7 rings (SSSR count). The zero-order valence-electron chi connectivity index (χ0n) is 22.5. The third-order valence-electron chi connectivity index (χ3n) is 11.4. The number of nitrogens with one attached hydrogen (secondary N) is 2. The number of piperidine rings is 1. The second kappa shape index (κ2) is 9.00. The van der Waals surface area contributed by atoms with Crippen LogP contribution in [0.1, 0.15) is 46.0 Å². The number of fused-ring (bicyclic) bond motifs is 11. The van der Waals surface area contributed by atoms with E-state index in [1.807, 2.05) is 13.2 Å². The first kappa shape index (κ1) is 25.0. The van der Waals surface area contributed by atoms with Gasteiger partial charge in [0.25, 0.3) is 5.91 Å². The third kappa shape index (κ3) is 3.62. The summed E-state index contributed by atoms with van der Waals surface area (Å²) in [5.41, 5.74) is -1.42. The lowest BCUT2D eigenvalue weighted by atomic mass is 9.65. The van der Waals surface area contributed by atoms with Crippen LogP contribution in [0.3, 0.4) is 0 Å². The average Bonchev–Trinajstić information content (AvgIpc) is 3.15. The van der Waals surface area contributed by atoms with E-state index in [2.05, 4.69) is 30.6 Å². The maximum atomic E-state index is 13.5. The topological polar surface area (TPSA) is 106 Å². The monoisotopic (exact) mass is 524 g/mol. The van der Waals surface area contributed by atoms with Gasteiger partial charge in [-0.25, -0.2) is 0 Å². The number of ether oxygens (including phenoxy) is 3. The molecule has 206 valence electrons. The van der Waals surface area contributed by atoms with Gasteiger partial charge >= 0.3 is 0 Å². The van der Waals surface area contributed by atoms with Crippen molar-refractivity contribution in [1.82, 2.24) is 10.6 Å². The van der Waals surface area contributed by atoms with Crippen LogP contribution in [0.5, 0.6) is 0 Å². The predicted molar refractivity (Wildman–Crippen MR) is 137 cm³/mol. The van der Waals surface area contributed by atoms with Crippen molar-refractivity contribution in [2.45, 2.75) is 76.1 Å². The Kier molecular flexibility index (Phi) is 5.91. The average molecular weight is 525 g/mol. The Morgan fingerprint density at radius 2 is 1.87 bits per heavy atom. The van der Waals surface area contributed by atoms with Crippen LogP contribution in [0.2, 0.25) is 0 Å². The number of allylic oxidation sites excluding steroid dienone is 2. The summed E-state index contributed by atoms with van der Waals surface area (Å²) in [6.07, 6.45) is 11.7. The number of carbonyl (C=O) groups is 3. The molecule has 1 spiro atoms. The van der Waals surface area contributed by atoms with Crippen LogP contribution in [0.4, 0.5) is 0 Å². The number of hydrogen-bond acceptors (Lipinski definition) is 6. The molecule has 38 heavy (non-hydrogen) atoms. The van der Waals surface area contributed by atoms with E-state index in [1.54, 1.807) is 12.2 Å². The molecule has 8 heteroatoms. The van der Waals surface area contributed by atoms with Crippen molar-refractivity contribution in [3.63, 3.8) is 0 Å². The summed E-state index contributed by atoms with van der Waals surface area (Å²) < 4.78 is 18.3. The molecule has 3 saturated heterocycles. The van der Waals surface area contributed by atoms with Crippen LogP contribution in [0, 0.1) is 53.3 Å². The summed E-state index contributed by atoms with van der Waals surface area (Å²) in [7, 11) is 1.81. The lowest BCUT2D eigenvalue weighted by Gasteiger charge is -2.38. The summed E-state index contributed by atoms with van der Waals surface area (Å²) in [4.78, 5) is 38.8. The maximum absolute atomic E-state index is 13.5. The normalized spacial score (nSPS) is 53.4. The van der Waals surface area contributed by atoms with Crippen LogP contribution in [0.25, 0.3) is 0 Å². The largest absolute Gasteiger partial charge is 0.381 e. The number of rotatable bonds is 2. The van der Waals surface area contributed by atoms with Crippen LogP contribution in [-0.2, 0) is 28.6 Å². The number of ketones is 1. The molecule has 0 aromatic heterocycles. The summed E-state index contributed by atoms with van der Waals surface area (Å²) in [6.45, 7) is 5.05. The smallest absolute Gasteiger partial charge is 0.262 e. The van der Waals surface area contributed by atoms with E-state index < -0.39 is 11.8 Å². The van der Waals surface area contributed by atoms with Gasteiger partial charge in [0.15, 0.2) is 5.78 Å². The van der Waals surface area contributed by atoms with E-state index in [0.29, 0.717) is 66.9 Å². The number of amides is 2. The Balaban J connectivity index is 1.20. The SMILES string of the molecule is COC(C)[C@H]1[C@H]2[C@H](C[C@H]1C)[C@H]1C[C@H]3/C=C\C(=O)C45CC(CCNC(=O)/C=C\C[C@@H]3[C@H]1[C@@H]1O[C@@H]12)[C@H](NC4=O)O5. The number of epoxide rings is 1. The van der Waals surface area contributed by atoms with Gasteiger partial charge in [0, 0.05) is 26.0 Å². The van der Waals surface area contributed by atoms with Crippen molar-refractivity contribution >= 4 is 17.6 Å². The first-order chi connectivity index (χ1) is 18.3. The maximum Gasteiger partial charge on any atom is 0.262 e. The molecule has 14 atom stereocenters. The minimum Gasteiger partial charge on any atom is -0.381 e. The fourth-order valence-corrected chi connectivity index (χ4v) is 9.79. The molecular formula is C30H40N2O6. The fourth-order valence-electron chi connectivity index (χ4n) is 9.79. The second-order valence-corrected chi connectivity index (χ2v) is 13.1. The van der Waals surface area contributed by atoms with Crippen LogP contribution >= 0.6 is 0 Å². The molecule has 2 N–H and O–H groups in total. The summed E-state index contributed by atoms with van der Waals surface area (Å²) in [5, 5.41) is 5.83. The van der Waals surface area contributed by atoms with Crippen molar-refractivity contribution in [3.8, 4) is 0 Å². The van der Waals surface area contributed by atoms with E-state index in [0.717, 1.165) is 12.8 Å². The first-order valence-electron chi connectivity index (χ1n) is 14.7.